The molecule has 2 aromatic carbocycles. The molecule has 8 nitrogen and oxygen atoms in total. The summed E-state index contributed by atoms with van der Waals surface area (Å²) in [5.41, 5.74) is 1.18. The molecule has 0 aromatic heterocycles. The Balaban J connectivity index is 1.32. The van der Waals surface area contributed by atoms with Crippen LogP contribution >= 0.6 is 11.6 Å². The maximum atomic E-state index is 13.1. The summed E-state index contributed by atoms with van der Waals surface area (Å²) >= 11 is 6.06. The quantitative estimate of drug-likeness (QED) is 0.606. The molecule has 2 heterocycles. The van der Waals surface area contributed by atoms with Gasteiger partial charge in [0.15, 0.2) is 11.5 Å². The van der Waals surface area contributed by atoms with E-state index in [1.807, 2.05) is 9.80 Å². The second-order valence-electron chi connectivity index (χ2n) is 8.77. The molecule has 1 atom stereocenters. The maximum absolute atomic E-state index is 13.1. The van der Waals surface area contributed by atoms with Crippen LogP contribution in [0.5, 0.6) is 11.5 Å². The van der Waals surface area contributed by atoms with E-state index in [9.17, 15) is 9.59 Å². The highest BCUT2D eigenvalue weighted by atomic mass is 35.5. The van der Waals surface area contributed by atoms with Crippen molar-refractivity contribution in [2.75, 3.05) is 66.6 Å². The Morgan fingerprint density at radius 3 is 2.46 bits per heavy atom. The molecule has 2 aliphatic heterocycles. The first-order valence-electron chi connectivity index (χ1n) is 11.9. The molecule has 0 spiro atoms. The topological polar surface area (TPSA) is 71.6 Å². The van der Waals surface area contributed by atoms with Crippen molar-refractivity contribution in [1.82, 2.24) is 14.7 Å². The van der Waals surface area contributed by atoms with E-state index < -0.39 is 0 Å². The fraction of sp³-hybridized carbons (Fsp3) is 0.462. The zero-order chi connectivity index (χ0) is 24.8. The molecule has 2 fully saturated rings. The second kappa shape index (κ2) is 11.7. The lowest BCUT2D eigenvalue weighted by atomic mass is 10.1. The lowest BCUT2D eigenvalue weighted by Crippen LogP contribution is -2.50. The van der Waals surface area contributed by atoms with E-state index in [-0.39, 0.29) is 17.9 Å². The molecule has 1 unspecified atom stereocenters. The van der Waals surface area contributed by atoms with Gasteiger partial charge in [-0.2, -0.15) is 0 Å². The zero-order valence-electron chi connectivity index (χ0n) is 20.2. The van der Waals surface area contributed by atoms with Crippen molar-refractivity contribution in [1.29, 1.82) is 0 Å². The van der Waals surface area contributed by atoms with E-state index in [1.165, 1.54) is 0 Å². The van der Waals surface area contributed by atoms with E-state index >= 15 is 0 Å². The van der Waals surface area contributed by atoms with Crippen LogP contribution in [0, 0.1) is 0 Å². The van der Waals surface area contributed by atoms with Gasteiger partial charge in [0.1, 0.15) is 0 Å². The van der Waals surface area contributed by atoms with Gasteiger partial charge in [-0.3, -0.25) is 14.5 Å². The van der Waals surface area contributed by atoms with Gasteiger partial charge < -0.3 is 24.0 Å². The van der Waals surface area contributed by atoms with Crippen LogP contribution in [0.4, 0.5) is 0 Å². The first kappa shape index (κ1) is 25.3. The molecule has 2 amide bonds. The summed E-state index contributed by atoms with van der Waals surface area (Å²) in [6.45, 7) is 5.27. The summed E-state index contributed by atoms with van der Waals surface area (Å²) in [5, 5.41) is 0.553. The Morgan fingerprint density at radius 1 is 0.914 bits per heavy atom. The number of carbonyl (C=O) groups excluding carboxylic acids is 2. The van der Waals surface area contributed by atoms with Crippen molar-refractivity contribution in [3.05, 3.63) is 58.6 Å². The van der Waals surface area contributed by atoms with Gasteiger partial charge in [-0.25, -0.2) is 0 Å². The van der Waals surface area contributed by atoms with Crippen LogP contribution in [0.3, 0.4) is 0 Å². The molecule has 4 rings (SSSR count). The highest BCUT2D eigenvalue weighted by Crippen LogP contribution is 2.28. The normalized spacial score (nSPS) is 19.2. The summed E-state index contributed by atoms with van der Waals surface area (Å²) in [7, 11) is 3.14. The van der Waals surface area contributed by atoms with Gasteiger partial charge in [-0.15, -0.1) is 0 Å². The number of carbonyl (C=O) groups is 2. The minimum atomic E-state index is -0.0695. The van der Waals surface area contributed by atoms with Crippen LogP contribution < -0.4 is 9.47 Å². The Hall–Kier alpha value is -2.81. The summed E-state index contributed by atoms with van der Waals surface area (Å²) in [4.78, 5) is 32.1. The Labute approximate surface area is 211 Å². The zero-order valence-corrected chi connectivity index (χ0v) is 21.0. The third kappa shape index (κ3) is 6.25. The third-order valence-electron chi connectivity index (χ3n) is 6.47. The molecular weight excluding hydrogens is 470 g/mol. The standard InChI is InChI=1S/C26H32ClN3O5/c1-33-23-8-7-20(16-24(23)34-2)25(31)29-10-4-9-28(11-12-29)17-22-18-30(13-14-35-22)26(32)19-5-3-6-21(27)15-19/h3,5-8,15-16,22H,4,9-14,17-18H2,1-2H3. The molecule has 2 aromatic rings. The van der Waals surface area contributed by atoms with Crippen molar-refractivity contribution in [2.45, 2.75) is 12.5 Å². The Morgan fingerprint density at radius 2 is 1.69 bits per heavy atom. The SMILES string of the molecule is COc1ccc(C(=O)N2CCCN(CC3CN(C(=O)c4cccc(Cl)c4)CCO3)CC2)cc1OC. The van der Waals surface area contributed by atoms with Gasteiger partial charge in [-0.05, 0) is 49.4 Å². The van der Waals surface area contributed by atoms with Crippen LogP contribution in [-0.2, 0) is 4.74 Å². The van der Waals surface area contributed by atoms with E-state index in [0.29, 0.717) is 60.4 Å². The van der Waals surface area contributed by atoms with Gasteiger partial charge >= 0.3 is 0 Å². The molecule has 0 aliphatic carbocycles. The molecule has 0 N–H and O–H groups in total. The first-order valence-corrected chi connectivity index (χ1v) is 12.3. The van der Waals surface area contributed by atoms with Crippen LogP contribution in [-0.4, -0.2) is 99.3 Å². The first-order chi connectivity index (χ1) is 17.0. The van der Waals surface area contributed by atoms with Crippen LogP contribution in [0.1, 0.15) is 27.1 Å². The Kier molecular flexibility index (Phi) is 8.49. The monoisotopic (exact) mass is 501 g/mol. The van der Waals surface area contributed by atoms with Crippen molar-refractivity contribution >= 4 is 23.4 Å². The van der Waals surface area contributed by atoms with Crippen molar-refractivity contribution in [3.63, 3.8) is 0 Å². The molecule has 0 saturated carbocycles. The highest BCUT2D eigenvalue weighted by molar-refractivity contribution is 6.30. The number of hydrogen-bond donors (Lipinski definition) is 0. The van der Waals surface area contributed by atoms with E-state index in [1.54, 1.807) is 56.7 Å². The number of benzene rings is 2. The third-order valence-corrected chi connectivity index (χ3v) is 6.70. The molecular formula is C26H32ClN3O5. The second-order valence-corrected chi connectivity index (χ2v) is 9.21. The van der Waals surface area contributed by atoms with Crippen molar-refractivity contribution < 1.29 is 23.8 Å². The largest absolute Gasteiger partial charge is 0.493 e. The summed E-state index contributed by atoms with van der Waals surface area (Å²) in [6, 6.07) is 12.3. The molecule has 9 heteroatoms. The van der Waals surface area contributed by atoms with Gasteiger partial charge in [0.05, 0.1) is 26.9 Å². The van der Waals surface area contributed by atoms with Gasteiger partial charge in [0, 0.05) is 55.4 Å². The molecule has 188 valence electrons. The molecule has 2 aliphatic rings. The van der Waals surface area contributed by atoms with Crippen LogP contribution in [0.2, 0.25) is 5.02 Å². The number of amides is 2. The molecule has 0 radical (unpaired) electrons. The van der Waals surface area contributed by atoms with E-state index in [2.05, 4.69) is 4.90 Å². The van der Waals surface area contributed by atoms with Crippen LogP contribution in [0.25, 0.3) is 0 Å². The van der Waals surface area contributed by atoms with Crippen LogP contribution in [0.15, 0.2) is 42.5 Å². The predicted octanol–water partition coefficient (Wildman–Crippen LogP) is 3.05. The lowest BCUT2D eigenvalue weighted by molar-refractivity contribution is -0.0353. The minimum absolute atomic E-state index is 0.0139. The van der Waals surface area contributed by atoms with Crippen molar-refractivity contribution in [3.8, 4) is 11.5 Å². The number of hydrogen-bond acceptors (Lipinski definition) is 6. The number of halogens is 1. The van der Waals surface area contributed by atoms with E-state index in [4.69, 9.17) is 25.8 Å². The highest BCUT2D eigenvalue weighted by Gasteiger charge is 2.28. The number of morpholine rings is 1. The molecule has 0 bridgehead atoms. The minimum Gasteiger partial charge on any atom is -0.493 e. The van der Waals surface area contributed by atoms with E-state index in [0.717, 1.165) is 26.1 Å². The van der Waals surface area contributed by atoms with Gasteiger partial charge in [0.2, 0.25) is 0 Å². The smallest absolute Gasteiger partial charge is 0.254 e. The molecule has 2 saturated heterocycles. The van der Waals surface area contributed by atoms with Gasteiger partial charge in [-0.1, -0.05) is 17.7 Å². The summed E-state index contributed by atoms with van der Waals surface area (Å²) in [6.07, 6.45) is 0.802. The number of methoxy groups -OCH3 is 2. The summed E-state index contributed by atoms with van der Waals surface area (Å²) in [5.74, 6) is 1.10. The fourth-order valence-corrected chi connectivity index (χ4v) is 4.81. The lowest BCUT2D eigenvalue weighted by Gasteiger charge is -2.35. The number of ether oxygens (including phenoxy) is 3. The average molecular weight is 502 g/mol. The maximum Gasteiger partial charge on any atom is 0.254 e. The van der Waals surface area contributed by atoms with Crippen molar-refractivity contribution in [2.24, 2.45) is 0 Å². The Bertz CT molecular complexity index is 1050. The predicted molar refractivity (Wildman–Crippen MR) is 134 cm³/mol. The molecule has 35 heavy (non-hydrogen) atoms. The summed E-state index contributed by atoms with van der Waals surface area (Å²) < 4.78 is 16.6. The van der Waals surface area contributed by atoms with Gasteiger partial charge in [0.25, 0.3) is 11.8 Å². The number of nitrogens with zero attached hydrogens (tertiary/aromatic N) is 3. The average Bonchev–Trinajstić information content (AvgIpc) is 3.13. The number of rotatable bonds is 6. The fourth-order valence-electron chi connectivity index (χ4n) is 4.61.